The van der Waals surface area contributed by atoms with Gasteiger partial charge in [0, 0.05) is 12.8 Å². The van der Waals surface area contributed by atoms with Crippen molar-refractivity contribution in [2.45, 2.75) is 380 Å². The number of rotatable bonds is 69. The van der Waals surface area contributed by atoms with Gasteiger partial charge in [-0.05, 0) is 51.4 Å². The number of carbonyl (C=O) groups excluding carboxylic acids is 2. The minimum atomic E-state index is -4.39. The Morgan fingerprint density at radius 1 is 0.369 bits per heavy atom. The first-order chi connectivity index (χ1) is 41.0. The average molecular weight is 1210 g/mol. The number of phosphoric acid groups is 1. The Hall–Kier alpha value is -1.77. The van der Waals surface area contributed by atoms with E-state index in [1.165, 1.54) is 295 Å². The van der Waals surface area contributed by atoms with E-state index in [0.717, 1.165) is 44.9 Å². The number of esters is 2. The molecule has 84 heavy (non-hydrogen) atoms. The second-order valence-corrected chi connectivity index (χ2v) is 27.8. The van der Waals surface area contributed by atoms with E-state index in [1.807, 2.05) is 21.1 Å². The van der Waals surface area contributed by atoms with E-state index in [9.17, 15) is 19.0 Å². The van der Waals surface area contributed by atoms with Gasteiger partial charge in [0.25, 0.3) is 0 Å². The van der Waals surface area contributed by atoms with Crippen molar-refractivity contribution in [1.82, 2.24) is 0 Å². The first-order valence-electron chi connectivity index (χ1n) is 36.7. The van der Waals surface area contributed by atoms with E-state index in [4.69, 9.17) is 18.5 Å². The van der Waals surface area contributed by atoms with Gasteiger partial charge in [-0.15, -0.1) is 0 Å². The molecule has 0 fully saturated rings. The number of carbonyl (C=O) groups is 2. The molecule has 2 unspecified atom stereocenters. The maximum absolute atomic E-state index is 12.9. The molecular weight excluding hydrogens is 1060 g/mol. The standard InChI is InChI=1S/C74H142NO8P/c1-6-8-10-12-14-16-18-20-22-24-26-28-29-30-31-32-33-34-35-36-37-38-39-40-41-42-43-44-45-47-49-51-53-55-57-59-61-63-65-67-74(77)83-72(71-82-84(78,79)81-69-68-75(3,4)5)70-80-73(76)66-64-62-60-58-56-54-52-50-48-46-27-25-23-21-19-17-15-13-11-9-7-2/h18,20,24,26,29-30,72H,6-17,19,21-23,25,27-28,31-71H2,1-5H3/p+1/b20-18-,26-24-,30-29-. The van der Waals surface area contributed by atoms with Crippen LogP contribution in [0.25, 0.3) is 0 Å². The van der Waals surface area contributed by atoms with Crippen LogP contribution < -0.4 is 0 Å². The number of allylic oxidation sites excluding steroid dienone is 6. The van der Waals surface area contributed by atoms with E-state index in [1.54, 1.807) is 0 Å². The Morgan fingerprint density at radius 3 is 0.952 bits per heavy atom. The predicted molar refractivity (Wildman–Crippen MR) is 363 cm³/mol. The van der Waals surface area contributed by atoms with Crippen LogP contribution in [0.3, 0.4) is 0 Å². The number of phosphoric ester groups is 1. The number of nitrogens with zero attached hydrogens (tertiary/aromatic N) is 1. The van der Waals surface area contributed by atoms with Crippen LogP contribution in [-0.4, -0.2) is 74.9 Å². The van der Waals surface area contributed by atoms with Crippen LogP contribution in [0.1, 0.15) is 373 Å². The summed E-state index contributed by atoms with van der Waals surface area (Å²) in [5.74, 6) is -0.772. The molecule has 1 N–H and O–H groups in total. The lowest BCUT2D eigenvalue weighted by Crippen LogP contribution is -2.37. The number of hydrogen-bond donors (Lipinski definition) is 1. The monoisotopic (exact) mass is 1210 g/mol. The third kappa shape index (κ3) is 69.3. The Morgan fingerprint density at radius 2 is 0.643 bits per heavy atom. The summed E-state index contributed by atoms with van der Waals surface area (Å²) in [6.07, 6.45) is 84.1. The molecule has 2 atom stereocenters. The molecule has 0 aliphatic carbocycles. The molecule has 10 heteroatoms. The Labute approximate surface area is 522 Å². The van der Waals surface area contributed by atoms with Gasteiger partial charge >= 0.3 is 19.8 Å². The molecule has 0 bridgehead atoms. The zero-order valence-corrected chi connectivity index (χ0v) is 57.6. The summed E-state index contributed by atoms with van der Waals surface area (Å²) in [6, 6.07) is 0. The summed E-state index contributed by atoms with van der Waals surface area (Å²) < 4.78 is 34.7. The van der Waals surface area contributed by atoms with Gasteiger partial charge in [-0.1, -0.05) is 346 Å². The molecule has 0 aliphatic heterocycles. The minimum Gasteiger partial charge on any atom is -0.462 e. The molecule has 0 saturated heterocycles. The van der Waals surface area contributed by atoms with E-state index in [-0.39, 0.29) is 25.6 Å². The van der Waals surface area contributed by atoms with Gasteiger partial charge in [0.2, 0.25) is 0 Å². The Balaban J connectivity index is 3.91. The van der Waals surface area contributed by atoms with Crippen molar-refractivity contribution >= 4 is 19.8 Å². The number of likely N-dealkylation sites (N-methyl/N-ethyl adjacent to an activating group) is 1. The number of quaternary nitrogens is 1. The first kappa shape index (κ1) is 82.2. The van der Waals surface area contributed by atoms with E-state index in [0.29, 0.717) is 23.9 Å². The number of ether oxygens (including phenoxy) is 2. The number of hydrogen-bond acceptors (Lipinski definition) is 7. The summed E-state index contributed by atoms with van der Waals surface area (Å²) in [5, 5.41) is 0. The molecule has 0 radical (unpaired) electrons. The third-order valence-corrected chi connectivity index (χ3v) is 17.7. The topological polar surface area (TPSA) is 108 Å². The fraction of sp³-hybridized carbons (Fsp3) is 0.892. The highest BCUT2D eigenvalue weighted by Gasteiger charge is 2.27. The second kappa shape index (κ2) is 65.7. The molecule has 496 valence electrons. The smallest absolute Gasteiger partial charge is 0.462 e. The average Bonchev–Trinajstić information content (AvgIpc) is 3.61. The van der Waals surface area contributed by atoms with E-state index >= 15 is 0 Å². The lowest BCUT2D eigenvalue weighted by Gasteiger charge is -2.24. The van der Waals surface area contributed by atoms with Crippen molar-refractivity contribution in [1.29, 1.82) is 0 Å². The summed E-state index contributed by atoms with van der Waals surface area (Å²) >= 11 is 0. The normalized spacial score (nSPS) is 13.3. The van der Waals surface area contributed by atoms with Crippen molar-refractivity contribution in [2.75, 3.05) is 47.5 Å². The fourth-order valence-corrected chi connectivity index (χ4v) is 11.8. The molecule has 0 spiro atoms. The number of unbranched alkanes of at least 4 members (excludes halogenated alkanes) is 49. The highest BCUT2D eigenvalue weighted by atomic mass is 31.2. The van der Waals surface area contributed by atoms with Gasteiger partial charge in [0.1, 0.15) is 19.8 Å². The second-order valence-electron chi connectivity index (χ2n) is 26.3. The maximum Gasteiger partial charge on any atom is 0.472 e. The van der Waals surface area contributed by atoms with Crippen LogP contribution in [0.5, 0.6) is 0 Å². The molecule has 0 aliphatic rings. The quantitative estimate of drug-likeness (QED) is 0.0211. The van der Waals surface area contributed by atoms with Gasteiger partial charge < -0.3 is 18.9 Å². The van der Waals surface area contributed by atoms with Crippen LogP contribution in [0, 0.1) is 0 Å². The first-order valence-corrected chi connectivity index (χ1v) is 38.2. The molecule has 0 aromatic heterocycles. The van der Waals surface area contributed by atoms with Gasteiger partial charge in [0.15, 0.2) is 6.10 Å². The van der Waals surface area contributed by atoms with Crippen molar-refractivity contribution < 1.29 is 42.1 Å². The molecule has 0 rings (SSSR count). The highest BCUT2D eigenvalue weighted by Crippen LogP contribution is 2.43. The van der Waals surface area contributed by atoms with E-state index in [2.05, 4.69) is 50.3 Å². The van der Waals surface area contributed by atoms with Gasteiger partial charge in [-0.25, -0.2) is 4.57 Å². The van der Waals surface area contributed by atoms with Crippen LogP contribution in [0.15, 0.2) is 36.5 Å². The molecule has 0 aromatic carbocycles. The Kier molecular flexibility index (Phi) is 64.3. The minimum absolute atomic E-state index is 0.0357. The highest BCUT2D eigenvalue weighted by molar-refractivity contribution is 7.47. The van der Waals surface area contributed by atoms with E-state index < -0.39 is 26.5 Å². The van der Waals surface area contributed by atoms with Crippen molar-refractivity contribution in [3.05, 3.63) is 36.5 Å². The fourth-order valence-electron chi connectivity index (χ4n) is 11.0. The van der Waals surface area contributed by atoms with Gasteiger partial charge in [-0.2, -0.15) is 0 Å². The van der Waals surface area contributed by atoms with Crippen molar-refractivity contribution in [3.8, 4) is 0 Å². The molecule has 0 heterocycles. The largest absolute Gasteiger partial charge is 0.472 e. The summed E-state index contributed by atoms with van der Waals surface area (Å²) in [6.45, 7) is 4.50. The van der Waals surface area contributed by atoms with Crippen LogP contribution in [0.4, 0.5) is 0 Å². The van der Waals surface area contributed by atoms with Crippen LogP contribution >= 0.6 is 7.82 Å². The van der Waals surface area contributed by atoms with Gasteiger partial charge in [0.05, 0.1) is 27.7 Å². The van der Waals surface area contributed by atoms with Crippen LogP contribution in [-0.2, 0) is 32.7 Å². The molecule has 0 amide bonds. The lowest BCUT2D eigenvalue weighted by molar-refractivity contribution is -0.870. The zero-order valence-electron chi connectivity index (χ0n) is 56.7. The molecule has 9 nitrogen and oxygen atoms in total. The lowest BCUT2D eigenvalue weighted by atomic mass is 10.0. The molecule has 0 saturated carbocycles. The summed E-state index contributed by atoms with van der Waals surface area (Å²) in [4.78, 5) is 35.9. The van der Waals surface area contributed by atoms with Gasteiger partial charge in [-0.3, -0.25) is 18.6 Å². The maximum atomic E-state index is 12.9. The summed E-state index contributed by atoms with van der Waals surface area (Å²) in [5.41, 5.74) is 0. The summed E-state index contributed by atoms with van der Waals surface area (Å²) in [7, 11) is 1.50. The SMILES string of the molecule is CCCCCCC/C=C\C/C=C\C/C=C\CCCCCCCCCCCCCCCCCCCCCCCCCCC(=O)OC(COC(=O)CCCCCCCCCCCCCCCCCCCCCCC)COP(=O)(O)OCC[N+](C)(C)C. The Bertz CT molecular complexity index is 1510. The molecule has 0 aromatic rings. The predicted octanol–water partition coefficient (Wildman–Crippen LogP) is 23.8. The zero-order chi connectivity index (χ0) is 61.2. The van der Waals surface area contributed by atoms with Crippen molar-refractivity contribution in [2.24, 2.45) is 0 Å². The van der Waals surface area contributed by atoms with Crippen molar-refractivity contribution in [3.63, 3.8) is 0 Å². The molecular formula is C74H143NO8P+. The third-order valence-electron chi connectivity index (χ3n) is 16.7. The van der Waals surface area contributed by atoms with Crippen LogP contribution in [0.2, 0.25) is 0 Å².